The maximum Gasteiger partial charge on any atom is 0.224 e. The molecule has 0 aliphatic carbocycles. The molecule has 0 unspecified atom stereocenters. The van der Waals surface area contributed by atoms with E-state index in [1.807, 2.05) is 26.0 Å². The highest BCUT2D eigenvalue weighted by atomic mass is 16.5. The van der Waals surface area contributed by atoms with Crippen LogP contribution in [-0.4, -0.2) is 43.6 Å². The van der Waals surface area contributed by atoms with Gasteiger partial charge in [0.1, 0.15) is 11.6 Å². The van der Waals surface area contributed by atoms with Gasteiger partial charge in [0, 0.05) is 45.2 Å². The summed E-state index contributed by atoms with van der Waals surface area (Å²) in [5.74, 6) is -0.359. The lowest BCUT2D eigenvalue weighted by molar-refractivity contribution is -0.126. The number of Topliss-reactive ketones (excluding diaryl/α,β-unsaturated/α-hetero) is 2. The van der Waals surface area contributed by atoms with Gasteiger partial charge in [-0.25, -0.2) is 0 Å². The number of aryl methyl sites for hydroxylation is 1. The third-order valence-corrected chi connectivity index (χ3v) is 4.28. The van der Waals surface area contributed by atoms with Crippen molar-refractivity contribution in [3.05, 3.63) is 29.8 Å². The molecule has 7 nitrogen and oxygen atoms in total. The number of anilines is 1. The lowest BCUT2D eigenvalue weighted by Crippen LogP contribution is -2.24. The van der Waals surface area contributed by atoms with Gasteiger partial charge < -0.3 is 15.4 Å². The summed E-state index contributed by atoms with van der Waals surface area (Å²) >= 11 is 0. The number of carbonyl (C=O) groups excluding carboxylic acids is 4. The average molecular weight is 435 g/mol. The summed E-state index contributed by atoms with van der Waals surface area (Å²) in [4.78, 5) is 46.2. The van der Waals surface area contributed by atoms with Crippen molar-refractivity contribution < 1.29 is 23.9 Å². The van der Waals surface area contributed by atoms with Gasteiger partial charge in [-0.3, -0.25) is 19.2 Å². The van der Waals surface area contributed by atoms with Crippen LogP contribution in [0.5, 0.6) is 0 Å². The fourth-order valence-corrected chi connectivity index (χ4v) is 2.73. The number of benzene rings is 1. The predicted octanol–water partition coefficient (Wildman–Crippen LogP) is 3.85. The van der Waals surface area contributed by atoms with Crippen molar-refractivity contribution in [2.75, 3.05) is 25.6 Å². The van der Waals surface area contributed by atoms with Crippen molar-refractivity contribution in [2.45, 2.75) is 72.1 Å². The van der Waals surface area contributed by atoms with E-state index in [-0.39, 0.29) is 36.2 Å². The Labute approximate surface area is 186 Å². The number of hydrogen-bond acceptors (Lipinski definition) is 5. The summed E-state index contributed by atoms with van der Waals surface area (Å²) in [6, 6.07) is 7.28. The Morgan fingerprint density at radius 3 is 2.13 bits per heavy atom. The zero-order chi connectivity index (χ0) is 23.5. The summed E-state index contributed by atoms with van der Waals surface area (Å²) in [5.41, 5.74) is 1.65. The van der Waals surface area contributed by atoms with Crippen molar-refractivity contribution in [1.29, 1.82) is 0 Å². The van der Waals surface area contributed by atoms with Crippen LogP contribution in [0.25, 0.3) is 0 Å². The summed E-state index contributed by atoms with van der Waals surface area (Å²) in [7, 11) is 1.65. The third kappa shape index (κ3) is 15.9. The molecule has 2 N–H and O–H groups in total. The number of methoxy groups -OCH3 is 1. The van der Waals surface area contributed by atoms with Crippen LogP contribution in [0.3, 0.4) is 0 Å². The first-order chi connectivity index (χ1) is 14.9. The highest BCUT2D eigenvalue weighted by molar-refractivity contribution is 5.98. The largest absolute Gasteiger partial charge is 0.385 e. The lowest BCUT2D eigenvalue weighted by atomic mass is 10.0. The molecule has 0 saturated heterocycles. The molecule has 7 heteroatoms. The fourth-order valence-electron chi connectivity index (χ4n) is 2.73. The minimum atomic E-state index is -0.137. The zero-order valence-corrected chi connectivity index (χ0v) is 19.4. The molecule has 174 valence electrons. The van der Waals surface area contributed by atoms with E-state index < -0.39 is 0 Å². The zero-order valence-electron chi connectivity index (χ0n) is 19.4. The second-order valence-corrected chi connectivity index (χ2v) is 7.07. The summed E-state index contributed by atoms with van der Waals surface area (Å²) in [6.07, 6.45) is 3.77. The first-order valence-corrected chi connectivity index (χ1v) is 11.1. The van der Waals surface area contributed by atoms with Gasteiger partial charge in [-0.1, -0.05) is 26.0 Å². The number of ether oxygens (including phenoxy) is 1. The Morgan fingerprint density at radius 1 is 0.871 bits per heavy atom. The average Bonchev–Trinajstić information content (AvgIpc) is 2.74. The van der Waals surface area contributed by atoms with Gasteiger partial charge in [-0.2, -0.15) is 0 Å². The predicted molar refractivity (Wildman–Crippen MR) is 123 cm³/mol. The summed E-state index contributed by atoms with van der Waals surface area (Å²) in [5, 5.41) is 5.64. The molecule has 0 aromatic heterocycles. The van der Waals surface area contributed by atoms with Crippen LogP contribution in [0.2, 0.25) is 0 Å². The first kappa shape index (κ1) is 28.5. The van der Waals surface area contributed by atoms with E-state index in [9.17, 15) is 19.2 Å². The van der Waals surface area contributed by atoms with Crippen LogP contribution in [-0.2, 0) is 30.3 Å². The van der Waals surface area contributed by atoms with Gasteiger partial charge in [-0.05, 0) is 50.3 Å². The molecule has 1 aromatic rings. The van der Waals surface area contributed by atoms with E-state index in [0.29, 0.717) is 44.5 Å². The molecule has 0 aliphatic rings. The molecule has 0 saturated carbocycles. The van der Waals surface area contributed by atoms with Gasteiger partial charge in [0.15, 0.2) is 0 Å². The molecule has 0 spiro atoms. The number of rotatable bonds is 15. The van der Waals surface area contributed by atoms with Crippen molar-refractivity contribution in [1.82, 2.24) is 5.32 Å². The van der Waals surface area contributed by atoms with E-state index in [1.165, 1.54) is 6.92 Å². The van der Waals surface area contributed by atoms with Crippen molar-refractivity contribution in [3.8, 4) is 0 Å². The van der Waals surface area contributed by atoms with E-state index in [1.54, 1.807) is 19.2 Å². The number of ketones is 2. The van der Waals surface area contributed by atoms with Gasteiger partial charge in [0.25, 0.3) is 0 Å². The lowest BCUT2D eigenvalue weighted by Gasteiger charge is -2.07. The standard InChI is InChI=1S/C22H32N2O5.C2H6/c1-17(25)16-20(26)13-10-18-8-11-19(12-9-18)24-22(28)7-5-6-21(27)23-14-3-4-15-29-2;1-2/h8-9,11-12H,3-7,10,13-16H2,1-2H3,(H,23,27)(H,24,28);1-2H3. The summed E-state index contributed by atoms with van der Waals surface area (Å²) in [6.45, 7) is 6.72. The van der Waals surface area contributed by atoms with Crippen LogP contribution in [0, 0.1) is 0 Å². The Kier molecular flexibility index (Phi) is 16.8. The van der Waals surface area contributed by atoms with Gasteiger partial charge in [0.2, 0.25) is 11.8 Å². The highest BCUT2D eigenvalue weighted by Gasteiger charge is 2.07. The SMILES string of the molecule is CC.COCCCCNC(=O)CCCC(=O)Nc1ccc(CCC(=O)CC(C)=O)cc1. The molecule has 0 bridgehead atoms. The molecular formula is C24H38N2O5. The Bertz CT molecular complexity index is 671. The molecule has 0 fully saturated rings. The van der Waals surface area contributed by atoms with Crippen molar-refractivity contribution in [3.63, 3.8) is 0 Å². The maximum absolute atomic E-state index is 12.0. The Hall–Kier alpha value is -2.54. The fraction of sp³-hybridized carbons (Fsp3) is 0.583. The number of unbranched alkanes of at least 4 members (excludes halogenated alkanes) is 1. The highest BCUT2D eigenvalue weighted by Crippen LogP contribution is 2.12. The quantitative estimate of drug-likeness (QED) is 0.323. The number of nitrogens with one attached hydrogen (secondary N) is 2. The minimum absolute atomic E-state index is 0.0139. The molecule has 1 rings (SSSR count). The van der Waals surface area contributed by atoms with Crippen LogP contribution < -0.4 is 10.6 Å². The molecule has 0 radical (unpaired) electrons. The molecule has 1 aromatic carbocycles. The van der Waals surface area contributed by atoms with E-state index in [4.69, 9.17) is 4.74 Å². The smallest absolute Gasteiger partial charge is 0.224 e. The number of carbonyl (C=O) groups is 4. The van der Waals surface area contributed by atoms with Crippen molar-refractivity contribution >= 4 is 29.1 Å². The Balaban J connectivity index is 0.00000436. The second kappa shape index (κ2) is 18.2. The number of amides is 2. The monoisotopic (exact) mass is 434 g/mol. The maximum atomic E-state index is 12.0. The van der Waals surface area contributed by atoms with Crippen LogP contribution >= 0.6 is 0 Å². The van der Waals surface area contributed by atoms with Crippen LogP contribution in [0.4, 0.5) is 5.69 Å². The minimum Gasteiger partial charge on any atom is -0.385 e. The van der Waals surface area contributed by atoms with Crippen molar-refractivity contribution in [2.24, 2.45) is 0 Å². The topological polar surface area (TPSA) is 102 Å². The molecule has 2 amide bonds. The normalized spacial score (nSPS) is 9.94. The van der Waals surface area contributed by atoms with Gasteiger partial charge >= 0.3 is 0 Å². The van der Waals surface area contributed by atoms with Gasteiger partial charge in [-0.15, -0.1) is 0 Å². The molecule has 0 heterocycles. The van der Waals surface area contributed by atoms with Crippen LogP contribution in [0.1, 0.15) is 71.3 Å². The Morgan fingerprint density at radius 2 is 1.52 bits per heavy atom. The second-order valence-electron chi connectivity index (χ2n) is 7.07. The van der Waals surface area contributed by atoms with E-state index in [0.717, 1.165) is 18.4 Å². The molecule has 0 aliphatic heterocycles. The third-order valence-electron chi connectivity index (χ3n) is 4.28. The van der Waals surface area contributed by atoms with E-state index >= 15 is 0 Å². The van der Waals surface area contributed by atoms with E-state index in [2.05, 4.69) is 10.6 Å². The summed E-state index contributed by atoms with van der Waals surface area (Å²) < 4.78 is 4.95. The molecular weight excluding hydrogens is 396 g/mol. The van der Waals surface area contributed by atoms with Crippen LogP contribution in [0.15, 0.2) is 24.3 Å². The molecule has 0 atom stereocenters. The molecule has 31 heavy (non-hydrogen) atoms. The first-order valence-electron chi connectivity index (χ1n) is 11.1. The van der Waals surface area contributed by atoms with Gasteiger partial charge in [0.05, 0.1) is 6.42 Å². The number of hydrogen-bond donors (Lipinski definition) is 2.